The molecule has 0 amide bonds. The van der Waals surface area contributed by atoms with Crippen molar-refractivity contribution in [2.24, 2.45) is 0 Å². The normalized spacial score (nSPS) is 12.1. The number of rotatable bonds is 4. The number of hydrogen-bond donors (Lipinski definition) is 0. The van der Waals surface area contributed by atoms with Crippen LogP contribution in [0.1, 0.15) is 0 Å². The second-order valence-corrected chi connectivity index (χ2v) is 21.5. The minimum Gasteiger partial charge on any atom is -0.0616 e. The van der Waals surface area contributed by atoms with E-state index in [2.05, 4.69) is 279 Å². The monoisotopic (exact) mass is 982 g/mol. The Kier molecular flexibility index (Phi) is 9.22. The van der Waals surface area contributed by atoms with Gasteiger partial charge < -0.3 is 0 Å². The van der Waals surface area contributed by atoms with Crippen molar-refractivity contribution >= 4 is 129 Å². The molecule has 0 radical (unpaired) electrons. The molecule has 0 spiro atoms. The predicted molar refractivity (Wildman–Crippen MR) is 338 cm³/mol. The van der Waals surface area contributed by atoms with E-state index in [0.717, 1.165) is 0 Å². The van der Waals surface area contributed by atoms with Crippen molar-refractivity contribution in [3.05, 3.63) is 279 Å². The van der Waals surface area contributed by atoms with E-state index in [1.54, 1.807) is 0 Å². The Hall–Kier alpha value is -10.1. The van der Waals surface area contributed by atoms with Crippen LogP contribution in [0.5, 0.6) is 0 Å². The summed E-state index contributed by atoms with van der Waals surface area (Å²) in [5.74, 6) is 0. The van der Waals surface area contributed by atoms with Crippen LogP contribution in [-0.2, 0) is 0 Å². The summed E-state index contributed by atoms with van der Waals surface area (Å²) in [7, 11) is 0. The molecule has 0 heteroatoms. The Balaban J connectivity index is 1.16. The Morgan fingerprint density at radius 2 is 0.282 bits per heavy atom. The maximum atomic E-state index is 2.64. The zero-order chi connectivity index (χ0) is 51.0. The number of benzene rings is 17. The van der Waals surface area contributed by atoms with Crippen LogP contribution < -0.4 is 0 Å². The third-order valence-corrected chi connectivity index (χ3v) is 17.1. The molecule has 0 bridgehead atoms. The molecule has 0 aliphatic rings. The van der Waals surface area contributed by atoms with E-state index in [1.165, 1.54) is 174 Å². The van der Waals surface area contributed by atoms with Gasteiger partial charge in [-0.05, 0) is 259 Å². The quantitative estimate of drug-likeness (QED) is 0.154. The van der Waals surface area contributed by atoms with Crippen molar-refractivity contribution in [1.29, 1.82) is 0 Å². The van der Waals surface area contributed by atoms with Crippen LogP contribution in [0.15, 0.2) is 279 Å². The van der Waals surface area contributed by atoms with Gasteiger partial charge in [-0.2, -0.15) is 0 Å². The lowest BCUT2D eigenvalue weighted by Crippen LogP contribution is -1.98. The molecule has 0 aliphatic heterocycles. The van der Waals surface area contributed by atoms with Gasteiger partial charge in [-0.1, -0.05) is 194 Å². The lowest BCUT2D eigenvalue weighted by Gasteiger charge is -2.25. The Morgan fingerprint density at radius 3 is 0.500 bits per heavy atom. The van der Waals surface area contributed by atoms with Gasteiger partial charge in [-0.3, -0.25) is 0 Å². The van der Waals surface area contributed by atoms with Crippen molar-refractivity contribution < 1.29 is 0 Å². The molecule has 0 aliphatic carbocycles. The Labute approximate surface area is 450 Å². The van der Waals surface area contributed by atoms with Crippen LogP contribution in [0.4, 0.5) is 0 Å². The minimum absolute atomic E-state index is 1.20. The maximum absolute atomic E-state index is 2.64. The van der Waals surface area contributed by atoms with E-state index in [0.29, 0.717) is 0 Å². The molecule has 0 nitrogen and oxygen atoms in total. The van der Waals surface area contributed by atoms with Gasteiger partial charge in [0.25, 0.3) is 0 Å². The fourth-order valence-corrected chi connectivity index (χ4v) is 13.6. The fourth-order valence-electron chi connectivity index (χ4n) is 13.6. The van der Waals surface area contributed by atoms with E-state index in [9.17, 15) is 0 Å². The van der Waals surface area contributed by atoms with Crippen molar-refractivity contribution in [3.8, 4) is 44.5 Å². The average molecular weight is 983 g/mol. The van der Waals surface area contributed by atoms with E-state index in [1.807, 2.05) is 0 Å². The van der Waals surface area contributed by atoms with E-state index >= 15 is 0 Å². The van der Waals surface area contributed by atoms with Crippen LogP contribution >= 0.6 is 0 Å². The summed E-state index contributed by atoms with van der Waals surface area (Å²) in [5.41, 5.74) is 9.76. The summed E-state index contributed by atoms with van der Waals surface area (Å²) in [6.45, 7) is 0. The summed E-state index contributed by atoms with van der Waals surface area (Å²) >= 11 is 0. The summed E-state index contributed by atoms with van der Waals surface area (Å²) in [6, 6.07) is 106. The van der Waals surface area contributed by atoms with Gasteiger partial charge in [0.05, 0.1) is 0 Å². The Morgan fingerprint density at radius 1 is 0.115 bits per heavy atom. The van der Waals surface area contributed by atoms with Crippen LogP contribution in [-0.4, -0.2) is 0 Å². The minimum atomic E-state index is 1.20. The second kappa shape index (κ2) is 16.7. The highest BCUT2D eigenvalue weighted by atomic mass is 14.3. The SMILES string of the molecule is c1ccc2cc3c(-c4cc(-c5c6ccccc6cc6cc7ccccc7cc56)c(-c5c6ccccc6cc6cc7ccccc7cc56)cc4-c4c5ccccc5cc5cc6ccccc6cc45)c4ccccc4cc3cc2c1. The summed E-state index contributed by atoms with van der Waals surface area (Å²) in [4.78, 5) is 0. The van der Waals surface area contributed by atoms with Crippen molar-refractivity contribution in [3.63, 3.8) is 0 Å². The van der Waals surface area contributed by atoms with Gasteiger partial charge >= 0.3 is 0 Å². The van der Waals surface area contributed by atoms with Gasteiger partial charge in [-0.25, -0.2) is 0 Å². The Bertz CT molecular complexity index is 4750. The van der Waals surface area contributed by atoms with Crippen molar-refractivity contribution in [1.82, 2.24) is 0 Å². The van der Waals surface area contributed by atoms with E-state index in [4.69, 9.17) is 0 Å². The van der Waals surface area contributed by atoms with Crippen LogP contribution in [0.25, 0.3) is 174 Å². The lowest BCUT2D eigenvalue weighted by atomic mass is 9.78. The molecule has 0 N–H and O–H groups in total. The first kappa shape index (κ1) is 43.1. The summed E-state index contributed by atoms with van der Waals surface area (Å²) in [5, 5.41) is 29.5. The number of hydrogen-bond acceptors (Lipinski definition) is 0. The predicted octanol–water partition coefficient (Wildman–Crippen LogP) is 22.2. The highest BCUT2D eigenvalue weighted by molar-refractivity contribution is 6.27. The molecule has 17 aromatic carbocycles. The fraction of sp³-hybridized carbons (Fsp3) is 0. The third kappa shape index (κ3) is 6.54. The lowest BCUT2D eigenvalue weighted by molar-refractivity contribution is 1.63. The highest BCUT2D eigenvalue weighted by Crippen LogP contribution is 2.54. The molecule has 17 aromatic rings. The molecule has 78 heavy (non-hydrogen) atoms. The molecule has 358 valence electrons. The van der Waals surface area contributed by atoms with Crippen LogP contribution in [0.2, 0.25) is 0 Å². The molecule has 0 aromatic heterocycles. The highest BCUT2D eigenvalue weighted by Gasteiger charge is 2.26. The zero-order valence-electron chi connectivity index (χ0n) is 42.6. The van der Waals surface area contributed by atoms with Gasteiger partial charge in [0.1, 0.15) is 0 Å². The molecule has 0 atom stereocenters. The van der Waals surface area contributed by atoms with Gasteiger partial charge in [0.2, 0.25) is 0 Å². The third-order valence-electron chi connectivity index (χ3n) is 17.1. The maximum Gasteiger partial charge on any atom is -0.00201 e. The van der Waals surface area contributed by atoms with Gasteiger partial charge in [0.15, 0.2) is 0 Å². The molecule has 0 saturated carbocycles. The smallest absolute Gasteiger partial charge is 0.00201 e. The van der Waals surface area contributed by atoms with Gasteiger partial charge in [0, 0.05) is 0 Å². The van der Waals surface area contributed by atoms with Crippen molar-refractivity contribution in [2.45, 2.75) is 0 Å². The molecule has 17 rings (SSSR count). The molecular formula is C78H46. The van der Waals surface area contributed by atoms with Crippen LogP contribution in [0, 0.1) is 0 Å². The average Bonchev–Trinajstić information content (AvgIpc) is 3.56. The standard InChI is InChI=1S/C78H46/c1-5-21-51-41-67-59(33-47(51)17-1)37-55-25-9-13-29-63(55)75(67)71-45-73(77-65-31-15-11-27-57(65)39-61-35-49-19-3-7-23-53(49)43-69(61)77)74(78-66-32-16-12-28-58(66)40-62-36-50-20-4-8-24-54(50)44-70(62)78)46-72(71)76-64-30-14-10-26-56(64)38-60-34-48-18-2-6-22-52(48)42-68(60)76/h1-46H. The summed E-state index contributed by atoms with van der Waals surface area (Å²) < 4.78 is 0. The van der Waals surface area contributed by atoms with E-state index in [-0.39, 0.29) is 0 Å². The number of fused-ring (bicyclic) bond motifs is 12. The van der Waals surface area contributed by atoms with Crippen LogP contribution in [0.3, 0.4) is 0 Å². The molecular weight excluding hydrogens is 937 g/mol. The topological polar surface area (TPSA) is 0 Å². The molecule has 0 fully saturated rings. The first-order valence-corrected chi connectivity index (χ1v) is 27.2. The molecule has 0 saturated heterocycles. The van der Waals surface area contributed by atoms with E-state index < -0.39 is 0 Å². The largest absolute Gasteiger partial charge is 0.0616 e. The zero-order valence-corrected chi connectivity index (χ0v) is 42.6. The first-order chi connectivity index (χ1) is 38.6. The second-order valence-electron chi connectivity index (χ2n) is 21.5. The molecule has 0 unspecified atom stereocenters. The van der Waals surface area contributed by atoms with Crippen molar-refractivity contribution in [2.75, 3.05) is 0 Å². The molecule has 0 heterocycles. The summed E-state index contributed by atoms with van der Waals surface area (Å²) in [6.07, 6.45) is 0. The van der Waals surface area contributed by atoms with Gasteiger partial charge in [-0.15, -0.1) is 0 Å². The first-order valence-electron chi connectivity index (χ1n) is 27.2.